The number of rotatable bonds is 5. The van der Waals surface area contributed by atoms with Crippen LogP contribution in [0, 0.1) is 0 Å². The molecule has 3 aromatic rings. The highest BCUT2D eigenvalue weighted by Crippen LogP contribution is 2.34. The number of benzene rings is 2. The smallest absolute Gasteiger partial charge is 0.136 e. The van der Waals surface area contributed by atoms with Crippen LogP contribution in [0.2, 0.25) is 10.2 Å². The fourth-order valence-corrected chi connectivity index (χ4v) is 3.92. The Kier molecular flexibility index (Phi) is 5.79. The van der Waals surface area contributed by atoms with Gasteiger partial charge in [-0.05, 0) is 17.7 Å². The highest BCUT2D eigenvalue weighted by atomic mass is 35.5. The third kappa shape index (κ3) is 4.04. The van der Waals surface area contributed by atoms with Gasteiger partial charge in [0.2, 0.25) is 0 Å². The number of nitrogens with one attached hydrogen (secondary N) is 1. The molecule has 0 radical (unpaired) electrons. The van der Waals surface area contributed by atoms with Gasteiger partial charge in [-0.3, -0.25) is 0 Å². The van der Waals surface area contributed by atoms with E-state index >= 15 is 0 Å². The van der Waals surface area contributed by atoms with Crippen molar-refractivity contribution in [2.45, 2.75) is 13.1 Å². The van der Waals surface area contributed by atoms with Crippen molar-refractivity contribution in [3.05, 3.63) is 69.8 Å². The van der Waals surface area contributed by atoms with E-state index < -0.39 is 0 Å². The lowest BCUT2D eigenvalue weighted by Gasteiger charge is -2.32. The lowest BCUT2D eigenvalue weighted by atomic mass is 10.1. The van der Waals surface area contributed by atoms with E-state index in [0.29, 0.717) is 18.2 Å². The van der Waals surface area contributed by atoms with Crippen molar-refractivity contribution in [3.63, 3.8) is 0 Å². The molecule has 0 amide bonds. The van der Waals surface area contributed by atoms with Gasteiger partial charge in [0, 0.05) is 42.2 Å². The van der Waals surface area contributed by atoms with Crippen LogP contribution in [-0.4, -0.2) is 31.3 Å². The predicted molar refractivity (Wildman–Crippen MR) is 112 cm³/mol. The first kappa shape index (κ1) is 18.5. The van der Waals surface area contributed by atoms with E-state index in [-0.39, 0.29) is 0 Å². The summed E-state index contributed by atoms with van der Waals surface area (Å²) < 4.78 is 5.53. The normalized spacial score (nSPS) is 14.7. The molecule has 1 aromatic heterocycles. The highest BCUT2D eigenvalue weighted by molar-refractivity contribution is 6.31. The van der Waals surface area contributed by atoms with Crippen LogP contribution in [0.1, 0.15) is 11.1 Å². The number of hydrogen-bond acceptors (Lipinski definition) is 4. The third-order valence-corrected chi connectivity index (χ3v) is 5.50. The standard InChI is InChI=1S/C21H21Cl2N3O/c22-18-7-3-1-5-15(18)13-24-14-17-20(26-9-11-27-12-10-26)16-6-2-4-8-19(16)25-21(17)23/h1-8,24H,9-14H2. The number of morpholine rings is 1. The Morgan fingerprint density at radius 1 is 0.963 bits per heavy atom. The van der Waals surface area contributed by atoms with Crippen molar-refractivity contribution in [2.24, 2.45) is 0 Å². The Morgan fingerprint density at radius 3 is 2.52 bits per heavy atom. The van der Waals surface area contributed by atoms with Gasteiger partial charge in [0.15, 0.2) is 0 Å². The zero-order valence-corrected chi connectivity index (χ0v) is 16.4. The van der Waals surface area contributed by atoms with E-state index in [4.69, 9.17) is 27.9 Å². The summed E-state index contributed by atoms with van der Waals surface area (Å²) in [5, 5.41) is 5.91. The molecule has 0 bridgehead atoms. The predicted octanol–water partition coefficient (Wildman–Crippen LogP) is 4.67. The van der Waals surface area contributed by atoms with E-state index in [1.54, 1.807) is 0 Å². The number of para-hydroxylation sites is 1. The summed E-state index contributed by atoms with van der Waals surface area (Å²) in [4.78, 5) is 6.97. The Balaban J connectivity index is 1.66. The summed E-state index contributed by atoms with van der Waals surface area (Å²) >= 11 is 12.9. The molecule has 0 unspecified atom stereocenters. The maximum absolute atomic E-state index is 6.61. The average molecular weight is 402 g/mol. The van der Waals surface area contributed by atoms with Crippen LogP contribution in [0.25, 0.3) is 10.9 Å². The van der Waals surface area contributed by atoms with Crippen LogP contribution in [-0.2, 0) is 17.8 Å². The van der Waals surface area contributed by atoms with Crippen molar-refractivity contribution in [3.8, 4) is 0 Å². The van der Waals surface area contributed by atoms with Gasteiger partial charge in [-0.1, -0.05) is 59.6 Å². The molecule has 6 heteroatoms. The summed E-state index contributed by atoms with van der Waals surface area (Å²) in [6.07, 6.45) is 0. The summed E-state index contributed by atoms with van der Waals surface area (Å²) in [6.45, 7) is 4.44. The molecule has 4 nitrogen and oxygen atoms in total. The minimum atomic E-state index is 0.543. The van der Waals surface area contributed by atoms with Crippen molar-refractivity contribution in [2.75, 3.05) is 31.2 Å². The fourth-order valence-electron chi connectivity index (χ4n) is 3.47. The Bertz CT molecular complexity index is 942. The molecule has 0 aliphatic carbocycles. The van der Waals surface area contributed by atoms with Crippen LogP contribution < -0.4 is 10.2 Å². The van der Waals surface area contributed by atoms with E-state index in [0.717, 1.165) is 59.0 Å². The lowest BCUT2D eigenvalue weighted by molar-refractivity contribution is 0.122. The topological polar surface area (TPSA) is 37.4 Å². The van der Waals surface area contributed by atoms with Gasteiger partial charge in [-0.2, -0.15) is 0 Å². The molecule has 4 rings (SSSR count). The first-order chi connectivity index (χ1) is 13.2. The van der Waals surface area contributed by atoms with Crippen molar-refractivity contribution in [1.29, 1.82) is 0 Å². The molecular formula is C21H21Cl2N3O. The Hall–Kier alpha value is -1.85. The zero-order chi connectivity index (χ0) is 18.6. The molecule has 27 heavy (non-hydrogen) atoms. The Morgan fingerprint density at radius 2 is 1.70 bits per heavy atom. The van der Waals surface area contributed by atoms with Gasteiger partial charge in [-0.15, -0.1) is 0 Å². The molecule has 0 spiro atoms. The minimum Gasteiger partial charge on any atom is -0.378 e. The maximum Gasteiger partial charge on any atom is 0.136 e. The second-order valence-corrected chi connectivity index (χ2v) is 7.31. The number of pyridine rings is 1. The number of ether oxygens (including phenoxy) is 1. The summed E-state index contributed by atoms with van der Waals surface area (Å²) in [7, 11) is 0. The second-order valence-electron chi connectivity index (χ2n) is 6.54. The van der Waals surface area contributed by atoms with Gasteiger partial charge in [0.25, 0.3) is 0 Å². The summed E-state index contributed by atoms with van der Waals surface area (Å²) in [5.74, 6) is 0. The average Bonchev–Trinajstić information content (AvgIpc) is 2.70. The molecule has 1 N–H and O–H groups in total. The van der Waals surface area contributed by atoms with Crippen molar-refractivity contribution in [1.82, 2.24) is 10.3 Å². The van der Waals surface area contributed by atoms with Gasteiger partial charge in [0.05, 0.1) is 24.4 Å². The number of halogens is 2. The first-order valence-electron chi connectivity index (χ1n) is 9.08. The molecule has 2 aromatic carbocycles. The van der Waals surface area contributed by atoms with Crippen LogP contribution in [0.3, 0.4) is 0 Å². The quantitative estimate of drug-likeness (QED) is 0.630. The summed E-state index contributed by atoms with van der Waals surface area (Å²) in [6, 6.07) is 16.0. The molecule has 1 saturated heterocycles. The van der Waals surface area contributed by atoms with Gasteiger partial charge >= 0.3 is 0 Å². The van der Waals surface area contributed by atoms with Crippen LogP contribution in [0.4, 0.5) is 5.69 Å². The van der Waals surface area contributed by atoms with E-state index in [1.807, 2.05) is 42.5 Å². The van der Waals surface area contributed by atoms with Crippen LogP contribution in [0.15, 0.2) is 48.5 Å². The second kappa shape index (κ2) is 8.44. The maximum atomic E-state index is 6.61. The van der Waals surface area contributed by atoms with Gasteiger partial charge in [0.1, 0.15) is 5.15 Å². The van der Waals surface area contributed by atoms with E-state index in [1.165, 1.54) is 0 Å². The molecule has 1 aliphatic rings. The number of anilines is 1. The highest BCUT2D eigenvalue weighted by Gasteiger charge is 2.21. The monoisotopic (exact) mass is 401 g/mol. The molecular weight excluding hydrogens is 381 g/mol. The largest absolute Gasteiger partial charge is 0.378 e. The molecule has 2 heterocycles. The van der Waals surface area contributed by atoms with Crippen molar-refractivity contribution < 1.29 is 4.74 Å². The van der Waals surface area contributed by atoms with E-state index in [2.05, 4.69) is 21.3 Å². The molecule has 0 saturated carbocycles. The minimum absolute atomic E-state index is 0.543. The Labute approximate surface area is 169 Å². The third-order valence-electron chi connectivity index (χ3n) is 4.82. The molecule has 140 valence electrons. The first-order valence-corrected chi connectivity index (χ1v) is 9.83. The lowest BCUT2D eigenvalue weighted by Crippen LogP contribution is -2.37. The molecule has 1 aliphatic heterocycles. The van der Waals surface area contributed by atoms with Gasteiger partial charge < -0.3 is 15.0 Å². The molecule has 1 fully saturated rings. The fraction of sp³-hybridized carbons (Fsp3) is 0.286. The number of fused-ring (bicyclic) bond motifs is 1. The van der Waals surface area contributed by atoms with Crippen molar-refractivity contribution >= 4 is 39.8 Å². The van der Waals surface area contributed by atoms with Crippen LogP contribution >= 0.6 is 23.2 Å². The van der Waals surface area contributed by atoms with E-state index in [9.17, 15) is 0 Å². The summed E-state index contributed by atoms with van der Waals surface area (Å²) in [5.41, 5.74) is 4.15. The number of nitrogens with zero attached hydrogens (tertiary/aromatic N) is 2. The van der Waals surface area contributed by atoms with Gasteiger partial charge in [-0.25, -0.2) is 4.98 Å². The number of aromatic nitrogens is 1. The van der Waals surface area contributed by atoms with Crippen LogP contribution in [0.5, 0.6) is 0 Å². The molecule has 0 atom stereocenters. The SMILES string of the molecule is Clc1ccccc1CNCc1c(Cl)nc2ccccc2c1N1CCOCC1. The number of hydrogen-bond donors (Lipinski definition) is 1. The zero-order valence-electron chi connectivity index (χ0n) is 14.9.